The van der Waals surface area contributed by atoms with Crippen LogP contribution in [0, 0.1) is 11.8 Å². The van der Waals surface area contributed by atoms with Crippen molar-refractivity contribution in [1.29, 1.82) is 0 Å². The Morgan fingerprint density at radius 2 is 2.00 bits per heavy atom. The Hall–Kier alpha value is -0.0800. The molecule has 0 saturated heterocycles. The molecule has 2 nitrogen and oxygen atoms in total. The van der Waals surface area contributed by atoms with Gasteiger partial charge in [-0.05, 0) is 44.4 Å². The molecule has 1 saturated carbocycles. The van der Waals surface area contributed by atoms with E-state index in [-0.39, 0.29) is 6.10 Å². The van der Waals surface area contributed by atoms with Crippen LogP contribution < -0.4 is 0 Å². The number of ether oxygens (including phenoxy) is 1. The van der Waals surface area contributed by atoms with Gasteiger partial charge in [0.1, 0.15) is 0 Å². The minimum absolute atomic E-state index is 0.0948. The van der Waals surface area contributed by atoms with Crippen LogP contribution in [0.4, 0.5) is 0 Å². The molecule has 1 N–H and O–H groups in total. The second kappa shape index (κ2) is 5.72. The molecule has 0 spiro atoms. The number of rotatable bonds is 6. The average Bonchev–Trinajstić information content (AvgIpc) is 1.99. The van der Waals surface area contributed by atoms with Crippen LogP contribution in [0.25, 0.3) is 0 Å². The van der Waals surface area contributed by atoms with Gasteiger partial charge >= 0.3 is 0 Å². The van der Waals surface area contributed by atoms with Gasteiger partial charge in [-0.25, -0.2) is 0 Å². The Labute approximate surface area is 87.7 Å². The molecule has 1 unspecified atom stereocenters. The lowest BCUT2D eigenvalue weighted by Gasteiger charge is -2.36. The Morgan fingerprint density at radius 1 is 1.36 bits per heavy atom. The molecule has 14 heavy (non-hydrogen) atoms. The molecule has 1 rings (SSSR count). The van der Waals surface area contributed by atoms with Crippen LogP contribution in [0.1, 0.15) is 46.5 Å². The van der Waals surface area contributed by atoms with E-state index in [4.69, 9.17) is 4.74 Å². The third-order valence-corrected chi connectivity index (χ3v) is 2.94. The molecule has 84 valence electrons. The van der Waals surface area contributed by atoms with Crippen molar-refractivity contribution in [2.24, 2.45) is 11.8 Å². The van der Waals surface area contributed by atoms with Crippen LogP contribution >= 0.6 is 0 Å². The SMILES string of the molecule is CCOC1CC(CC(O)CC(C)C)C1. The zero-order valence-electron chi connectivity index (χ0n) is 9.70. The summed E-state index contributed by atoms with van der Waals surface area (Å²) in [5, 5.41) is 9.73. The summed E-state index contributed by atoms with van der Waals surface area (Å²) in [5.74, 6) is 1.31. The smallest absolute Gasteiger partial charge is 0.0580 e. The number of hydrogen-bond acceptors (Lipinski definition) is 2. The highest BCUT2D eigenvalue weighted by molar-refractivity contribution is 4.82. The Kier molecular flexibility index (Phi) is 4.90. The zero-order valence-corrected chi connectivity index (χ0v) is 9.70. The summed E-state index contributed by atoms with van der Waals surface area (Å²) in [6.07, 6.45) is 4.61. The van der Waals surface area contributed by atoms with Crippen LogP contribution in [0.3, 0.4) is 0 Å². The highest BCUT2D eigenvalue weighted by Crippen LogP contribution is 2.34. The Balaban J connectivity index is 2.04. The molecule has 0 aromatic rings. The van der Waals surface area contributed by atoms with Crippen molar-refractivity contribution in [1.82, 2.24) is 0 Å². The molecular weight excluding hydrogens is 176 g/mol. The van der Waals surface area contributed by atoms with E-state index < -0.39 is 0 Å². The fraction of sp³-hybridized carbons (Fsp3) is 1.00. The van der Waals surface area contributed by atoms with Gasteiger partial charge in [0.2, 0.25) is 0 Å². The lowest BCUT2D eigenvalue weighted by molar-refractivity contribution is -0.0392. The summed E-state index contributed by atoms with van der Waals surface area (Å²) in [5.41, 5.74) is 0. The molecule has 2 heteroatoms. The van der Waals surface area contributed by atoms with Gasteiger partial charge in [-0.1, -0.05) is 13.8 Å². The van der Waals surface area contributed by atoms with Crippen molar-refractivity contribution in [3.63, 3.8) is 0 Å². The molecule has 0 radical (unpaired) electrons. The highest BCUT2D eigenvalue weighted by atomic mass is 16.5. The molecule has 1 aliphatic rings. The number of aliphatic hydroxyl groups is 1. The molecule has 0 heterocycles. The van der Waals surface area contributed by atoms with Gasteiger partial charge in [0.25, 0.3) is 0 Å². The lowest BCUT2D eigenvalue weighted by atomic mass is 9.78. The molecule has 0 amide bonds. The summed E-state index contributed by atoms with van der Waals surface area (Å²) in [4.78, 5) is 0. The Bertz CT molecular complexity index is 150. The third kappa shape index (κ3) is 3.97. The van der Waals surface area contributed by atoms with Gasteiger partial charge in [-0.2, -0.15) is 0 Å². The predicted molar refractivity (Wildman–Crippen MR) is 58.2 cm³/mol. The second-order valence-electron chi connectivity index (χ2n) is 4.93. The van der Waals surface area contributed by atoms with E-state index in [2.05, 4.69) is 13.8 Å². The van der Waals surface area contributed by atoms with Crippen LogP contribution in [-0.2, 0) is 4.74 Å². The topological polar surface area (TPSA) is 29.5 Å². The fourth-order valence-corrected chi connectivity index (χ4v) is 2.26. The van der Waals surface area contributed by atoms with Gasteiger partial charge in [0.15, 0.2) is 0 Å². The number of aliphatic hydroxyl groups excluding tert-OH is 1. The van der Waals surface area contributed by atoms with E-state index >= 15 is 0 Å². The second-order valence-corrected chi connectivity index (χ2v) is 4.93. The molecular formula is C12H24O2. The van der Waals surface area contributed by atoms with Gasteiger partial charge in [-0.15, -0.1) is 0 Å². The molecule has 1 fully saturated rings. The number of hydrogen-bond donors (Lipinski definition) is 1. The lowest BCUT2D eigenvalue weighted by Crippen LogP contribution is -2.33. The van der Waals surface area contributed by atoms with E-state index in [1.165, 1.54) is 0 Å². The first-order chi connectivity index (χ1) is 6.61. The maximum absolute atomic E-state index is 9.73. The van der Waals surface area contributed by atoms with Crippen molar-refractivity contribution in [2.75, 3.05) is 6.61 Å². The van der Waals surface area contributed by atoms with E-state index in [1.807, 2.05) is 6.92 Å². The van der Waals surface area contributed by atoms with Crippen molar-refractivity contribution >= 4 is 0 Å². The van der Waals surface area contributed by atoms with E-state index in [9.17, 15) is 5.11 Å². The summed E-state index contributed by atoms with van der Waals surface area (Å²) in [7, 11) is 0. The maximum Gasteiger partial charge on any atom is 0.0580 e. The molecule has 0 bridgehead atoms. The normalized spacial score (nSPS) is 28.9. The average molecular weight is 200 g/mol. The standard InChI is InChI=1S/C12H24O2/c1-4-14-12-7-10(8-12)6-11(13)5-9(2)3/h9-13H,4-8H2,1-3H3. The van der Waals surface area contributed by atoms with Crippen molar-refractivity contribution in [3.8, 4) is 0 Å². The van der Waals surface area contributed by atoms with Gasteiger partial charge in [0, 0.05) is 6.61 Å². The molecule has 0 aliphatic heterocycles. The van der Waals surface area contributed by atoms with Crippen LogP contribution in [0.2, 0.25) is 0 Å². The van der Waals surface area contributed by atoms with E-state index in [1.54, 1.807) is 0 Å². The first-order valence-corrected chi connectivity index (χ1v) is 5.91. The first-order valence-electron chi connectivity index (χ1n) is 5.91. The van der Waals surface area contributed by atoms with Crippen molar-refractivity contribution < 1.29 is 9.84 Å². The quantitative estimate of drug-likeness (QED) is 0.714. The molecule has 0 aromatic carbocycles. The zero-order chi connectivity index (χ0) is 10.6. The largest absolute Gasteiger partial charge is 0.393 e. The van der Waals surface area contributed by atoms with Crippen molar-refractivity contribution in [2.45, 2.75) is 58.7 Å². The summed E-state index contributed by atoms with van der Waals surface area (Å²) in [6.45, 7) is 7.19. The first kappa shape index (κ1) is 12.0. The van der Waals surface area contributed by atoms with E-state index in [0.29, 0.717) is 17.9 Å². The van der Waals surface area contributed by atoms with Gasteiger partial charge < -0.3 is 9.84 Å². The molecule has 1 atom stereocenters. The summed E-state index contributed by atoms with van der Waals surface area (Å²) in [6, 6.07) is 0. The minimum Gasteiger partial charge on any atom is -0.393 e. The molecule has 1 aliphatic carbocycles. The van der Waals surface area contributed by atoms with Crippen LogP contribution in [0.15, 0.2) is 0 Å². The van der Waals surface area contributed by atoms with Crippen molar-refractivity contribution in [3.05, 3.63) is 0 Å². The van der Waals surface area contributed by atoms with Gasteiger partial charge in [-0.3, -0.25) is 0 Å². The Morgan fingerprint density at radius 3 is 2.50 bits per heavy atom. The fourth-order valence-electron chi connectivity index (χ4n) is 2.26. The predicted octanol–water partition coefficient (Wildman–Crippen LogP) is 2.60. The van der Waals surface area contributed by atoms with Crippen LogP contribution in [-0.4, -0.2) is 23.9 Å². The third-order valence-electron chi connectivity index (χ3n) is 2.94. The monoisotopic (exact) mass is 200 g/mol. The van der Waals surface area contributed by atoms with Crippen LogP contribution in [0.5, 0.6) is 0 Å². The summed E-state index contributed by atoms with van der Waals surface area (Å²) < 4.78 is 5.49. The minimum atomic E-state index is -0.0948. The van der Waals surface area contributed by atoms with E-state index in [0.717, 1.165) is 32.3 Å². The van der Waals surface area contributed by atoms with Gasteiger partial charge in [0.05, 0.1) is 12.2 Å². The highest BCUT2D eigenvalue weighted by Gasteiger charge is 2.30. The summed E-state index contributed by atoms with van der Waals surface area (Å²) >= 11 is 0. The molecule has 0 aromatic heterocycles. The maximum atomic E-state index is 9.73.